The van der Waals surface area contributed by atoms with E-state index in [0.717, 1.165) is 23.0 Å². The first-order chi connectivity index (χ1) is 11.5. The second kappa shape index (κ2) is 6.93. The Morgan fingerprint density at radius 2 is 2.12 bits per heavy atom. The van der Waals surface area contributed by atoms with Crippen LogP contribution in [0.4, 0.5) is 0 Å². The van der Waals surface area contributed by atoms with Gasteiger partial charge in [0.15, 0.2) is 0 Å². The summed E-state index contributed by atoms with van der Waals surface area (Å²) in [5, 5.41) is 21.6. The number of aromatic hydroxyl groups is 1. The quantitative estimate of drug-likeness (QED) is 0.661. The van der Waals surface area contributed by atoms with Gasteiger partial charge in [0.25, 0.3) is 5.91 Å². The molecule has 2 aromatic carbocycles. The zero-order valence-corrected chi connectivity index (χ0v) is 14.0. The average Bonchev–Trinajstić information content (AvgIpc) is 2.95. The lowest BCUT2D eigenvalue weighted by Gasteiger charge is -2.14. The van der Waals surface area contributed by atoms with E-state index in [1.54, 1.807) is 18.2 Å². The molecule has 1 heterocycles. The van der Waals surface area contributed by atoms with Gasteiger partial charge < -0.3 is 10.4 Å². The molecule has 24 heavy (non-hydrogen) atoms. The SMILES string of the molecule is CC(CCc1n[nH]c2ccc(Cl)cc12)NC(=O)c1ccccc1O. The molecule has 0 fully saturated rings. The zero-order chi connectivity index (χ0) is 17.1. The molecule has 0 aliphatic heterocycles. The van der Waals surface area contributed by atoms with Crippen molar-refractivity contribution in [3.8, 4) is 5.75 Å². The molecule has 3 N–H and O–H groups in total. The fourth-order valence-corrected chi connectivity index (χ4v) is 2.80. The topological polar surface area (TPSA) is 78.0 Å². The van der Waals surface area contributed by atoms with Crippen LogP contribution in [-0.2, 0) is 6.42 Å². The van der Waals surface area contributed by atoms with Gasteiger partial charge in [-0.05, 0) is 50.1 Å². The maximum Gasteiger partial charge on any atom is 0.255 e. The molecule has 0 aliphatic rings. The number of para-hydroxylation sites is 1. The standard InChI is InChI=1S/C18H18ClN3O2/c1-11(20-18(24)13-4-2-3-5-17(13)23)6-8-15-14-10-12(19)7-9-16(14)22-21-15/h2-5,7,9-11,23H,6,8H2,1H3,(H,20,24)(H,21,22). The van der Waals surface area contributed by atoms with E-state index < -0.39 is 0 Å². The van der Waals surface area contributed by atoms with Crippen molar-refractivity contribution in [1.29, 1.82) is 0 Å². The highest BCUT2D eigenvalue weighted by Crippen LogP contribution is 2.22. The molecular formula is C18H18ClN3O2. The Morgan fingerprint density at radius 3 is 2.92 bits per heavy atom. The number of hydrogen-bond acceptors (Lipinski definition) is 3. The minimum absolute atomic E-state index is 0.0184. The Hall–Kier alpha value is -2.53. The number of carbonyl (C=O) groups is 1. The molecule has 5 nitrogen and oxygen atoms in total. The van der Waals surface area contributed by atoms with Crippen molar-refractivity contribution in [3.05, 3.63) is 58.7 Å². The fraction of sp³-hybridized carbons (Fsp3) is 0.222. The van der Waals surface area contributed by atoms with Crippen LogP contribution >= 0.6 is 11.6 Å². The van der Waals surface area contributed by atoms with E-state index in [1.807, 2.05) is 25.1 Å². The third kappa shape index (κ3) is 3.51. The third-order valence-electron chi connectivity index (χ3n) is 3.94. The van der Waals surface area contributed by atoms with Crippen LogP contribution in [0.3, 0.4) is 0 Å². The number of carbonyl (C=O) groups excluding carboxylic acids is 1. The van der Waals surface area contributed by atoms with Crippen LogP contribution in [0, 0.1) is 0 Å². The van der Waals surface area contributed by atoms with Crippen LogP contribution in [0.1, 0.15) is 29.4 Å². The van der Waals surface area contributed by atoms with Gasteiger partial charge in [0.05, 0.1) is 16.8 Å². The zero-order valence-electron chi connectivity index (χ0n) is 13.2. The molecule has 1 aromatic heterocycles. The molecular weight excluding hydrogens is 326 g/mol. The van der Waals surface area contributed by atoms with E-state index in [4.69, 9.17) is 11.6 Å². The van der Waals surface area contributed by atoms with Crippen molar-refractivity contribution in [2.24, 2.45) is 0 Å². The van der Waals surface area contributed by atoms with Crippen molar-refractivity contribution in [3.63, 3.8) is 0 Å². The molecule has 124 valence electrons. The van der Waals surface area contributed by atoms with E-state index in [2.05, 4.69) is 15.5 Å². The number of phenolic OH excluding ortho intramolecular Hbond substituents is 1. The predicted molar refractivity (Wildman–Crippen MR) is 94.5 cm³/mol. The van der Waals surface area contributed by atoms with E-state index in [-0.39, 0.29) is 23.3 Å². The van der Waals surface area contributed by atoms with Gasteiger partial charge in [0.1, 0.15) is 5.75 Å². The summed E-state index contributed by atoms with van der Waals surface area (Å²) in [5.41, 5.74) is 2.15. The molecule has 0 spiro atoms. The lowest BCUT2D eigenvalue weighted by atomic mass is 10.1. The Balaban J connectivity index is 1.63. The van der Waals surface area contributed by atoms with Crippen LogP contribution in [-0.4, -0.2) is 27.3 Å². The summed E-state index contributed by atoms with van der Waals surface area (Å²) >= 11 is 6.04. The summed E-state index contributed by atoms with van der Waals surface area (Å²) in [7, 11) is 0. The molecule has 6 heteroatoms. The Labute approximate surface area is 144 Å². The van der Waals surface area contributed by atoms with Crippen LogP contribution in [0.25, 0.3) is 10.9 Å². The Kier molecular flexibility index (Phi) is 4.71. The monoisotopic (exact) mass is 343 g/mol. The van der Waals surface area contributed by atoms with Gasteiger partial charge in [-0.25, -0.2) is 0 Å². The van der Waals surface area contributed by atoms with Gasteiger partial charge in [-0.15, -0.1) is 0 Å². The molecule has 1 amide bonds. The number of aryl methyl sites for hydroxylation is 1. The van der Waals surface area contributed by atoms with Gasteiger partial charge in [-0.1, -0.05) is 23.7 Å². The summed E-state index contributed by atoms with van der Waals surface area (Å²) < 4.78 is 0. The fourth-order valence-electron chi connectivity index (χ4n) is 2.62. The third-order valence-corrected chi connectivity index (χ3v) is 4.18. The number of phenols is 1. The number of fused-ring (bicyclic) bond motifs is 1. The van der Waals surface area contributed by atoms with E-state index in [0.29, 0.717) is 11.4 Å². The molecule has 0 saturated heterocycles. The lowest BCUT2D eigenvalue weighted by Crippen LogP contribution is -2.32. The first-order valence-electron chi connectivity index (χ1n) is 7.76. The summed E-state index contributed by atoms with van der Waals surface area (Å²) in [4.78, 5) is 12.2. The number of H-pyrrole nitrogens is 1. The number of aromatic nitrogens is 2. The van der Waals surface area contributed by atoms with Gasteiger partial charge in [-0.3, -0.25) is 9.89 Å². The van der Waals surface area contributed by atoms with Crippen LogP contribution < -0.4 is 5.32 Å². The first-order valence-corrected chi connectivity index (χ1v) is 8.14. The minimum atomic E-state index is -0.282. The lowest BCUT2D eigenvalue weighted by molar-refractivity contribution is 0.0936. The number of hydrogen-bond donors (Lipinski definition) is 3. The number of nitrogens with zero attached hydrogens (tertiary/aromatic N) is 1. The maximum atomic E-state index is 12.2. The van der Waals surface area contributed by atoms with Crippen molar-refractivity contribution >= 4 is 28.4 Å². The molecule has 0 saturated carbocycles. The molecule has 0 aliphatic carbocycles. The molecule has 0 radical (unpaired) electrons. The smallest absolute Gasteiger partial charge is 0.255 e. The first kappa shape index (κ1) is 16.3. The van der Waals surface area contributed by atoms with Gasteiger partial charge in [-0.2, -0.15) is 5.10 Å². The van der Waals surface area contributed by atoms with Crippen LogP contribution in [0.15, 0.2) is 42.5 Å². The second-order valence-electron chi connectivity index (χ2n) is 5.79. The van der Waals surface area contributed by atoms with Crippen molar-refractivity contribution in [1.82, 2.24) is 15.5 Å². The van der Waals surface area contributed by atoms with Crippen LogP contribution in [0.2, 0.25) is 5.02 Å². The number of nitrogens with one attached hydrogen (secondary N) is 2. The number of halogens is 1. The highest BCUT2D eigenvalue weighted by Gasteiger charge is 2.14. The van der Waals surface area contributed by atoms with Crippen molar-refractivity contribution in [2.75, 3.05) is 0 Å². The largest absolute Gasteiger partial charge is 0.507 e. The average molecular weight is 344 g/mol. The van der Waals surface area contributed by atoms with E-state index >= 15 is 0 Å². The van der Waals surface area contributed by atoms with Gasteiger partial charge in [0.2, 0.25) is 0 Å². The summed E-state index contributed by atoms with van der Waals surface area (Å²) in [5.74, 6) is -0.300. The Bertz CT molecular complexity index is 876. The normalized spacial score (nSPS) is 12.2. The number of aromatic amines is 1. The number of benzene rings is 2. The summed E-state index contributed by atoms with van der Waals surface area (Å²) in [6.45, 7) is 1.93. The summed E-state index contributed by atoms with van der Waals surface area (Å²) in [6, 6.07) is 12.1. The van der Waals surface area contributed by atoms with Crippen LogP contribution in [0.5, 0.6) is 5.75 Å². The van der Waals surface area contributed by atoms with Crippen molar-refractivity contribution < 1.29 is 9.90 Å². The van der Waals surface area contributed by atoms with E-state index in [9.17, 15) is 9.90 Å². The van der Waals surface area contributed by atoms with E-state index in [1.165, 1.54) is 6.07 Å². The number of rotatable bonds is 5. The molecule has 3 rings (SSSR count). The maximum absolute atomic E-state index is 12.2. The van der Waals surface area contributed by atoms with Gasteiger partial charge in [0, 0.05) is 16.5 Å². The highest BCUT2D eigenvalue weighted by molar-refractivity contribution is 6.31. The highest BCUT2D eigenvalue weighted by atomic mass is 35.5. The van der Waals surface area contributed by atoms with Crippen molar-refractivity contribution in [2.45, 2.75) is 25.8 Å². The second-order valence-corrected chi connectivity index (χ2v) is 6.23. The molecule has 0 bridgehead atoms. The molecule has 3 aromatic rings. The molecule has 1 atom stereocenters. The Morgan fingerprint density at radius 1 is 1.33 bits per heavy atom. The predicted octanol–water partition coefficient (Wildman–Crippen LogP) is 3.67. The number of amides is 1. The summed E-state index contributed by atoms with van der Waals surface area (Å²) in [6.07, 6.45) is 1.44. The molecule has 1 unspecified atom stereocenters. The minimum Gasteiger partial charge on any atom is -0.507 e. The van der Waals surface area contributed by atoms with Gasteiger partial charge >= 0.3 is 0 Å².